The maximum absolute atomic E-state index is 11.2. The molecule has 2 rings (SSSR count). The topological polar surface area (TPSA) is 69.6 Å². The van der Waals surface area contributed by atoms with Gasteiger partial charge in [0.15, 0.2) is 5.82 Å². The lowest BCUT2D eigenvalue weighted by atomic mass is 10.1. The van der Waals surface area contributed by atoms with Crippen LogP contribution >= 0.6 is 0 Å². The molecular formula is C13H20N4O2. The van der Waals surface area contributed by atoms with E-state index in [-0.39, 0.29) is 0 Å². The van der Waals surface area contributed by atoms with Gasteiger partial charge in [-0.3, -0.25) is 9.69 Å². The lowest BCUT2D eigenvalue weighted by Gasteiger charge is -2.37. The fourth-order valence-electron chi connectivity index (χ4n) is 2.16. The molecule has 19 heavy (non-hydrogen) atoms. The molecule has 0 spiro atoms. The molecule has 2 heterocycles. The Kier molecular flexibility index (Phi) is 3.99. The van der Waals surface area contributed by atoms with Crippen molar-refractivity contribution < 1.29 is 9.90 Å². The highest BCUT2D eigenvalue weighted by atomic mass is 16.4. The van der Waals surface area contributed by atoms with Crippen LogP contribution in [0.2, 0.25) is 0 Å². The summed E-state index contributed by atoms with van der Waals surface area (Å²) < 4.78 is 0. The quantitative estimate of drug-likeness (QED) is 0.871. The van der Waals surface area contributed by atoms with E-state index < -0.39 is 12.0 Å². The second-order valence-electron chi connectivity index (χ2n) is 5.25. The number of anilines is 1. The molecule has 6 nitrogen and oxygen atoms in total. The largest absolute Gasteiger partial charge is 0.480 e. The summed E-state index contributed by atoms with van der Waals surface area (Å²) in [6.07, 6.45) is 0. The van der Waals surface area contributed by atoms with Gasteiger partial charge in [0.1, 0.15) is 6.04 Å². The van der Waals surface area contributed by atoms with E-state index in [0.29, 0.717) is 19.0 Å². The van der Waals surface area contributed by atoms with Crippen LogP contribution in [-0.2, 0) is 4.79 Å². The van der Waals surface area contributed by atoms with Crippen molar-refractivity contribution in [2.24, 2.45) is 0 Å². The molecule has 1 atom stereocenters. The van der Waals surface area contributed by atoms with Crippen LogP contribution in [0.1, 0.15) is 25.5 Å². The van der Waals surface area contributed by atoms with Gasteiger partial charge in [0.05, 0.1) is 5.69 Å². The Balaban J connectivity index is 2.11. The Bertz CT molecular complexity index is 446. The zero-order chi connectivity index (χ0) is 14.0. The van der Waals surface area contributed by atoms with E-state index in [1.165, 1.54) is 0 Å². The van der Waals surface area contributed by atoms with Crippen molar-refractivity contribution in [1.29, 1.82) is 0 Å². The lowest BCUT2D eigenvalue weighted by Crippen LogP contribution is -2.55. The summed E-state index contributed by atoms with van der Waals surface area (Å²) in [5.41, 5.74) is 0.952. The molecule has 104 valence electrons. The number of likely N-dealkylation sites (N-methyl/N-ethyl adjacent to an activating group) is 1. The minimum atomic E-state index is -0.793. The zero-order valence-corrected chi connectivity index (χ0v) is 11.6. The molecule has 1 N–H and O–H groups in total. The third-order valence-corrected chi connectivity index (χ3v) is 3.52. The van der Waals surface area contributed by atoms with Crippen LogP contribution in [0, 0.1) is 0 Å². The number of piperazine rings is 1. The predicted octanol–water partition coefficient (Wildman–Crippen LogP) is 0.805. The zero-order valence-electron chi connectivity index (χ0n) is 11.6. The molecule has 1 saturated heterocycles. The molecule has 0 aliphatic carbocycles. The van der Waals surface area contributed by atoms with Gasteiger partial charge in [0.2, 0.25) is 0 Å². The highest BCUT2D eigenvalue weighted by molar-refractivity contribution is 5.74. The van der Waals surface area contributed by atoms with Gasteiger partial charge in [-0.05, 0) is 25.1 Å². The van der Waals surface area contributed by atoms with Crippen LogP contribution in [0.25, 0.3) is 0 Å². The van der Waals surface area contributed by atoms with Crippen LogP contribution in [-0.4, -0.2) is 58.9 Å². The number of carboxylic acid groups (broad SMARTS) is 1. The molecule has 6 heteroatoms. The molecule has 0 unspecified atom stereocenters. The van der Waals surface area contributed by atoms with Crippen molar-refractivity contribution in [2.75, 3.05) is 31.6 Å². The standard InChI is InChI=1S/C13H20N4O2/c1-9(2)10-4-5-12(15-14-10)17-7-6-16(3)11(8-17)13(18)19/h4-5,9,11H,6-8H2,1-3H3,(H,18,19)/t11-/m0/s1. The van der Waals surface area contributed by atoms with Gasteiger partial charge in [0.25, 0.3) is 0 Å². The molecule has 1 aromatic rings. The maximum atomic E-state index is 11.2. The van der Waals surface area contributed by atoms with E-state index in [1.54, 1.807) is 0 Å². The number of nitrogens with zero attached hydrogens (tertiary/aromatic N) is 4. The lowest BCUT2D eigenvalue weighted by molar-refractivity contribution is -0.142. The first-order valence-corrected chi connectivity index (χ1v) is 6.50. The molecule has 0 bridgehead atoms. The van der Waals surface area contributed by atoms with Gasteiger partial charge in [-0.2, -0.15) is 5.10 Å². The third kappa shape index (κ3) is 3.01. The normalized spacial score (nSPS) is 20.8. The Hall–Kier alpha value is -1.69. The minimum absolute atomic E-state index is 0.348. The van der Waals surface area contributed by atoms with E-state index >= 15 is 0 Å². The summed E-state index contributed by atoms with van der Waals surface area (Å²) in [6, 6.07) is 3.40. The number of hydrogen-bond donors (Lipinski definition) is 1. The minimum Gasteiger partial charge on any atom is -0.480 e. The number of aromatic nitrogens is 2. The van der Waals surface area contributed by atoms with Gasteiger partial charge < -0.3 is 10.0 Å². The number of carboxylic acids is 1. The van der Waals surface area contributed by atoms with Crippen molar-refractivity contribution in [1.82, 2.24) is 15.1 Å². The van der Waals surface area contributed by atoms with E-state index in [4.69, 9.17) is 0 Å². The first-order valence-electron chi connectivity index (χ1n) is 6.50. The van der Waals surface area contributed by atoms with Crippen molar-refractivity contribution in [2.45, 2.75) is 25.8 Å². The molecule has 1 aliphatic rings. The maximum Gasteiger partial charge on any atom is 0.322 e. The van der Waals surface area contributed by atoms with Gasteiger partial charge in [-0.15, -0.1) is 5.10 Å². The Morgan fingerprint density at radius 3 is 2.63 bits per heavy atom. The van der Waals surface area contributed by atoms with Crippen molar-refractivity contribution in [3.05, 3.63) is 17.8 Å². The van der Waals surface area contributed by atoms with Crippen molar-refractivity contribution in [3.8, 4) is 0 Å². The smallest absolute Gasteiger partial charge is 0.322 e. The Morgan fingerprint density at radius 1 is 1.37 bits per heavy atom. The molecule has 0 aromatic carbocycles. The third-order valence-electron chi connectivity index (χ3n) is 3.52. The fourth-order valence-corrected chi connectivity index (χ4v) is 2.16. The Labute approximate surface area is 113 Å². The second kappa shape index (κ2) is 5.52. The number of carbonyl (C=O) groups is 1. The van der Waals surface area contributed by atoms with Gasteiger partial charge >= 0.3 is 5.97 Å². The van der Waals surface area contributed by atoms with Crippen LogP contribution in [0.5, 0.6) is 0 Å². The van der Waals surface area contributed by atoms with Gasteiger partial charge in [-0.1, -0.05) is 13.8 Å². The highest BCUT2D eigenvalue weighted by Gasteiger charge is 2.30. The first-order chi connectivity index (χ1) is 8.99. The molecule has 1 aliphatic heterocycles. The average Bonchev–Trinajstić information content (AvgIpc) is 2.39. The Morgan fingerprint density at radius 2 is 2.11 bits per heavy atom. The second-order valence-corrected chi connectivity index (χ2v) is 5.25. The van der Waals surface area contributed by atoms with Crippen LogP contribution in [0.4, 0.5) is 5.82 Å². The van der Waals surface area contributed by atoms with Gasteiger partial charge in [-0.25, -0.2) is 0 Å². The number of hydrogen-bond acceptors (Lipinski definition) is 5. The van der Waals surface area contributed by atoms with E-state index in [1.807, 2.05) is 29.0 Å². The summed E-state index contributed by atoms with van der Waals surface area (Å²) in [5.74, 6) is 0.309. The van der Waals surface area contributed by atoms with Gasteiger partial charge in [0, 0.05) is 19.6 Å². The molecule has 0 amide bonds. The molecule has 1 fully saturated rings. The highest BCUT2D eigenvalue weighted by Crippen LogP contribution is 2.18. The average molecular weight is 264 g/mol. The summed E-state index contributed by atoms with van der Waals surface area (Å²) in [5, 5.41) is 17.6. The summed E-state index contributed by atoms with van der Waals surface area (Å²) in [6.45, 7) is 6.07. The van der Waals surface area contributed by atoms with Crippen LogP contribution in [0.15, 0.2) is 12.1 Å². The first kappa shape index (κ1) is 13.7. The molecule has 0 radical (unpaired) electrons. The molecule has 1 aromatic heterocycles. The van der Waals surface area contributed by atoms with Crippen molar-refractivity contribution in [3.63, 3.8) is 0 Å². The van der Waals surface area contributed by atoms with Crippen LogP contribution < -0.4 is 4.90 Å². The number of aliphatic carboxylic acids is 1. The number of rotatable bonds is 3. The predicted molar refractivity (Wildman–Crippen MR) is 72.4 cm³/mol. The molecular weight excluding hydrogens is 244 g/mol. The van der Waals surface area contributed by atoms with Crippen LogP contribution in [0.3, 0.4) is 0 Å². The summed E-state index contributed by atoms with van der Waals surface area (Å²) >= 11 is 0. The van der Waals surface area contributed by atoms with E-state index in [2.05, 4.69) is 24.0 Å². The summed E-state index contributed by atoms with van der Waals surface area (Å²) in [4.78, 5) is 15.0. The van der Waals surface area contributed by atoms with Crippen molar-refractivity contribution >= 4 is 11.8 Å². The molecule has 0 saturated carbocycles. The fraction of sp³-hybridized carbons (Fsp3) is 0.615. The SMILES string of the molecule is CC(C)c1ccc(N2CCN(C)[C@H](C(=O)O)C2)nn1. The van der Waals surface area contributed by atoms with E-state index in [0.717, 1.165) is 18.1 Å². The monoisotopic (exact) mass is 264 g/mol. The summed E-state index contributed by atoms with van der Waals surface area (Å²) in [7, 11) is 1.84. The van der Waals surface area contributed by atoms with E-state index in [9.17, 15) is 9.90 Å².